The molecular formula is C16H30ClN3O3. The van der Waals surface area contributed by atoms with Crippen LogP contribution in [0.15, 0.2) is 0 Å². The van der Waals surface area contributed by atoms with Gasteiger partial charge in [0, 0.05) is 38.5 Å². The molecule has 2 amide bonds. The third-order valence-corrected chi connectivity index (χ3v) is 4.75. The number of morpholine rings is 1. The topological polar surface area (TPSA) is 84.7 Å². The van der Waals surface area contributed by atoms with Gasteiger partial charge in [-0.05, 0) is 18.8 Å². The number of carbonyl (C=O) groups excluding carboxylic acids is 2. The second-order valence-corrected chi connectivity index (χ2v) is 6.30. The average molecular weight is 348 g/mol. The van der Waals surface area contributed by atoms with Gasteiger partial charge >= 0.3 is 0 Å². The minimum Gasteiger partial charge on any atom is -0.378 e. The molecule has 0 spiro atoms. The van der Waals surface area contributed by atoms with Gasteiger partial charge in [-0.15, -0.1) is 12.4 Å². The van der Waals surface area contributed by atoms with E-state index in [1.54, 1.807) is 4.90 Å². The van der Waals surface area contributed by atoms with Gasteiger partial charge in [0.15, 0.2) is 0 Å². The Morgan fingerprint density at radius 3 is 2.39 bits per heavy atom. The van der Waals surface area contributed by atoms with Crippen molar-refractivity contribution < 1.29 is 14.3 Å². The molecule has 7 heteroatoms. The molecule has 2 aliphatic rings. The Morgan fingerprint density at radius 1 is 1.13 bits per heavy atom. The highest BCUT2D eigenvalue weighted by molar-refractivity contribution is 5.85. The van der Waals surface area contributed by atoms with Crippen LogP contribution in [0.25, 0.3) is 0 Å². The second-order valence-electron chi connectivity index (χ2n) is 6.30. The Balaban J connectivity index is 0.00000264. The average Bonchev–Trinajstić information content (AvgIpc) is 2.59. The molecule has 1 aliphatic carbocycles. The van der Waals surface area contributed by atoms with Crippen LogP contribution < -0.4 is 11.1 Å². The number of ether oxygens (including phenoxy) is 1. The van der Waals surface area contributed by atoms with Crippen LogP contribution in [-0.4, -0.2) is 55.6 Å². The van der Waals surface area contributed by atoms with Crippen molar-refractivity contribution >= 4 is 24.2 Å². The molecule has 1 saturated heterocycles. The molecule has 23 heavy (non-hydrogen) atoms. The van der Waals surface area contributed by atoms with E-state index in [9.17, 15) is 9.59 Å². The Kier molecular flexibility index (Phi) is 9.52. The maximum absolute atomic E-state index is 12.1. The van der Waals surface area contributed by atoms with E-state index in [0.29, 0.717) is 38.8 Å². The van der Waals surface area contributed by atoms with Crippen LogP contribution in [0.3, 0.4) is 0 Å². The molecule has 1 atom stereocenters. The van der Waals surface area contributed by atoms with Crippen molar-refractivity contribution in [3.8, 4) is 0 Å². The largest absolute Gasteiger partial charge is 0.378 e. The van der Waals surface area contributed by atoms with E-state index in [-0.39, 0.29) is 43.1 Å². The lowest BCUT2D eigenvalue weighted by molar-refractivity contribution is -0.137. The third-order valence-electron chi connectivity index (χ3n) is 4.75. The summed E-state index contributed by atoms with van der Waals surface area (Å²) in [4.78, 5) is 25.9. The van der Waals surface area contributed by atoms with Crippen LogP contribution in [-0.2, 0) is 14.3 Å². The molecule has 2 rings (SSSR count). The fraction of sp³-hybridized carbons (Fsp3) is 0.875. The summed E-state index contributed by atoms with van der Waals surface area (Å²) >= 11 is 0. The van der Waals surface area contributed by atoms with Crippen LogP contribution in [0.4, 0.5) is 0 Å². The van der Waals surface area contributed by atoms with E-state index in [0.717, 1.165) is 12.8 Å². The highest BCUT2D eigenvalue weighted by Gasteiger charge is 2.24. The molecule has 1 heterocycles. The normalized spacial score (nSPS) is 20.5. The first-order valence-electron chi connectivity index (χ1n) is 8.55. The number of nitrogens with zero attached hydrogens (tertiary/aromatic N) is 1. The first-order chi connectivity index (χ1) is 10.7. The quantitative estimate of drug-likeness (QED) is 0.752. The Morgan fingerprint density at radius 2 is 1.78 bits per heavy atom. The highest BCUT2D eigenvalue weighted by atomic mass is 35.5. The molecule has 6 nitrogen and oxygen atoms in total. The van der Waals surface area contributed by atoms with E-state index >= 15 is 0 Å². The van der Waals surface area contributed by atoms with Gasteiger partial charge in [-0.3, -0.25) is 9.59 Å². The van der Waals surface area contributed by atoms with Crippen molar-refractivity contribution in [2.24, 2.45) is 11.7 Å². The number of nitrogens with one attached hydrogen (secondary N) is 1. The molecule has 3 N–H and O–H groups in total. The summed E-state index contributed by atoms with van der Waals surface area (Å²) in [5.41, 5.74) is 5.82. The lowest BCUT2D eigenvalue weighted by Gasteiger charge is -2.30. The van der Waals surface area contributed by atoms with Crippen LogP contribution in [0.1, 0.15) is 44.9 Å². The maximum atomic E-state index is 12.1. The Hall–Kier alpha value is -0.850. The minimum absolute atomic E-state index is 0. The lowest BCUT2D eigenvalue weighted by atomic mass is 9.84. The summed E-state index contributed by atoms with van der Waals surface area (Å²) in [7, 11) is 0. The molecule has 2 fully saturated rings. The summed E-state index contributed by atoms with van der Waals surface area (Å²) < 4.78 is 5.22. The summed E-state index contributed by atoms with van der Waals surface area (Å²) in [5.74, 6) is 0.487. The number of amides is 2. The first kappa shape index (κ1) is 20.2. The van der Waals surface area contributed by atoms with Crippen molar-refractivity contribution in [1.82, 2.24) is 10.2 Å². The van der Waals surface area contributed by atoms with Crippen LogP contribution >= 0.6 is 12.4 Å². The predicted molar refractivity (Wildman–Crippen MR) is 91.4 cm³/mol. The van der Waals surface area contributed by atoms with Crippen molar-refractivity contribution in [1.29, 1.82) is 0 Å². The van der Waals surface area contributed by atoms with E-state index < -0.39 is 0 Å². The lowest BCUT2D eigenvalue weighted by Crippen LogP contribution is -2.46. The molecule has 0 bridgehead atoms. The van der Waals surface area contributed by atoms with Gasteiger partial charge in [0.1, 0.15) is 0 Å². The zero-order valence-electron chi connectivity index (χ0n) is 13.8. The molecule has 134 valence electrons. The molecule has 0 aromatic heterocycles. The Bertz CT molecular complexity index is 370. The Labute approximate surface area is 144 Å². The number of rotatable bonds is 6. The fourth-order valence-corrected chi connectivity index (χ4v) is 3.38. The van der Waals surface area contributed by atoms with Crippen LogP contribution in [0, 0.1) is 5.92 Å². The first-order valence-corrected chi connectivity index (χ1v) is 8.55. The van der Waals surface area contributed by atoms with Crippen LogP contribution in [0.5, 0.6) is 0 Å². The molecule has 1 unspecified atom stereocenters. The molecule has 0 radical (unpaired) electrons. The fourth-order valence-electron chi connectivity index (χ4n) is 3.38. The van der Waals surface area contributed by atoms with E-state index in [1.807, 2.05) is 0 Å². The van der Waals surface area contributed by atoms with Gasteiger partial charge in [0.2, 0.25) is 11.8 Å². The summed E-state index contributed by atoms with van der Waals surface area (Å²) in [6, 6.07) is 0.0614. The number of carbonyl (C=O) groups is 2. The summed E-state index contributed by atoms with van der Waals surface area (Å²) in [6.07, 6.45) is 6.56. The minimum atomic E-state index is -0.0531. The van der Waals surface area contributed by atoms with Gasteiger partial charge in [-0.2, -0.15) is 0 Å². The molecule has 1 saturated carbocycles. The highest BCUT2D eigenvalue weighted by Crippen LogP contribution is 2.26. The van der Waals surface area contributed by atoms with Crippen molar-refractivity contribution in [3.63, 3.8) is 0 Å². The van der Waals surface area contributed by atoms with E-state index in [1.165, 1.54) is 19.3 Å². The zero-order chi connectivity index (χ0) is 15.8. The van der Waals surface area contributed by atoms with E-state index in [2.05, 4.69) is 5.32 Å². The molecule has 0 aromatic carbocycles. The zero-order valence-corrected chi connectivity index (χ0v) is 14.6. The number of nitrogens with two attached hydrogens (primary N) is 1. The van der Waals surface area contributed by atoms with Gasteiger partial charge in [-0.1, -0.05) is 19.3 Å². The summed E-state index contributed by atoms with van der Waals surface area (Å²) in [5, 5.41) is 3.04. The number of hydrogen-bond donors (Lipinski definition) is 2. The number of hydrogen-bond acceptors (Lipinski definition) is 4. The smallest absolute Gasteiger partial charge is 0.223 e. The molecular weight excluding hydrogens is 318 g/mol. The van der Waals surface area contributed by atoms with Crippen molar-refractivity contribution in [2.45, 2.75) is 51.0 Å². The van der Waals surface area contributed by atoms with Crippen LogP contribution in [0.2, 0.25) is 0 Å². The number of halogens is 1. The van der Waals surface area contributed by atoms with E-state index in [4.69, 9.17) is 10.5 Å². The van der Waals surface area contributed by atoms with Gasteiger partial charge in [0.25, 0.3) is 0 Å². The summed E-state index contributed by atoms with van der Waals surface area (Å²) in [6.45, 7) is 2.93. The standard InChI is InChI=1S/C16H29N3O3.ClH/c17-12-14(13-4-2-1-3-5-13)18-15(20)6-7-16(21)19-8-10-22-11-9-19;/h13-14H,1-12,17H2,(H,18,20);1H. The van der Waals surface area contributed by atoms with Gasteiger partial charge in [0.05, 0.1) is 13.2 Å². The third kappa shape index (κ3) is 6.65. The second kappa shape index (κ2) is 10.8. The van der Waals surface area contributed by atoms with Gasteiger partial charge in [-0.25, -0.2) is 0 Å². The molecule has 0 aromatic rings. The molecule has 1 aliphatic heterocycles. The van der Waals surface area contributed by atoms with Crippen molar-refractivity contribution in [2.75, 3.05) is 32.8 Å². The maximum Gasteiger partial charge on any atom is 0.223 e. The predicted octanol–water partition coefficient (Wildman–Crippen LogP) is 1.07. The monoisotopic (exact) mass is 347 g/mol. The van der Waals surface area contributed by atoms with Crippen molar-refractivity contribution in [3.05, 3.63) is 0 Å². The SMILES string of the molecule is Cl.NCC(NC(=O)CCC(=O)N1CCOCC1)C1CCCCC1. The van der Waals surface area contributed by atoms with Gasteiger partial charge < -0.3 is 20.7 Å².